The van der Waals surface area contributed by atoms with Crippen LogP contribution >= 0.6 is 0 Å². The lowest BCUT2D eigenvalue weighted by molar-refractivity contribution is -0.121. The monoisotopic (exact) mass is 454 g/mol. The summed E-state index contributed by atoms with van der Waals surface area (Å²) in [7, 11) is 3.22. The Labute approximate surface area is 194 Å². The van der Waals surface area contributed by atoms with E-state index in [1.165, 1.54) is 25.7 Å². The third-order valence-corrected chi connectivity index (χ3v) is 6.46. The van der Waals surface area contributed by atoms with E-state index >= 15 is 0 Å². The van der Waals surface area contributed by atoms with E-state index in [-0.39, 0.29) is 5.91 Å². The van der Waals surface area contributed by atoms with E-state index in [9.17, 15) is 4.79 Å². The number of rotatable bonds is 11. The van der Waals surface area contributed by atoms with Gasteiger partial charge in [0.05, 0.1) is 25.3 Å². The predicted octanol–water partition coefficient (Wildman–Crippen LogP) is 3.88. The van der Waals surface area contributed by atoms with Gasteiger partial charge in [-0.3, -0.25) is 9.20 Å². The number of anilines is 1. The van der Waals surface area contributed by atoms with E-state index in [2.05, 4.69) is 20.8 Å². The second-order valence-corrected chi connectivity index (χ2v) is 8.74. The van der Waals surface area contributed by atoms with E-state index in [1.54, 1.807) is 14.2 Å². The maximum atomic E-state index is 12.1. The highest BCUT2D eigenvalue weighted by atomic mass is 16.5. The molecule has 0 radical (unpaired) electrons. The van der Waals surface area contributed by atoms with Crippen LogP contribution in [0.2, 0.25) is 0 Å². The van der Waals surface area contributed by atoms with Gasteiger partial charge in [-0.15, -0.1) is 10.2 Å². The number of amides is 1. The maximum Gasteiger partial charge on any atom is 0.220 e. The normalized spacial score (nSPS) is 14.2. The van der Waals surface area contributed by atoms with Gasteiger partial charge in [-0.2, -0.15) is 0 Å². The molecule has 0 spiro atoms. The first-order chi connectivity index (χ1) is 16.1. The summed E-state index contributed by atoms with van der Waals surface area (Å²) in [5, 5.41) is 15.0. The zero-order chi connectivity index (χ0) is 23.2. The first-order valence-electron chi connectivity index (χ1n) is 11.9. The molecule has 2 heterocycles. The van der Waals surface area contributed by atoms with Crippen LogP contribution in [0.3, 0.4) is 0 Å². The average Bonchev–Trinajstić information content (AvgIpc) is 3.49. The van der Waals surface area contributed by atoms with Crippen LogP contribution in [0.1, 0.15) is 57.2 Å². The molecule has 2 aromatic heterocycles. The van der Waals surface area contributed by atoms with E-state index in [1.807, 2.05) is 23.5 Å². The van der Waals surface area contributed by atoms with Crippen molar-refractivity contribution in [2.24, 2.45) is 5.92 Å². The number of carbonyl (C=O) groups is 1. The third-order valence-electron chi connectivity index (χ3n) is 6.46. The second-order valence-electron chi connectivity index (χ2n) is 8.74. The summed E-state index contributed by atoms with van der Waals surface area (Å²) >= 11 is 0. The molecule has 1 aliphatic rings. The number of unbranched alkanes of at least 4 members (excludes halogenated alkanes) is 1. The van der Waals surface area contributed by atoms with Gasteiger partial charge in [0.2, 0.25) is 11.6 Å². The minimum absolute atomic E-state index is 0.177. The Hall–Kier alpha value is -3.10. The lowest BCUT2D eigenvalue weighted by Gasteiger charge is -2.13. The number of benzene rings is 1. The molecule has 3 aromatic rings. The summed E-state index contributed by atoms with van der Waals surface area (Å²) in [4.78, 5) is 16.8. The standard InChI is InChI=1S/C24H34N6O3/c1-16-28-29-24-23(27-18-14-20(32-2)21(33-3)15-19(18)30(16)24)26-13-7-6-12-25-22(31)11-10-17-8-4-5-9-17/h14-15,17H,4-13H2,1-3H3,(H,25,31)(H,26,27). The number of hydrogen-bond donors (Lipinski definition) is 2. The zero-order valence-electron chi connectivity index (χ0n) is 19.8. The van der Waals surface area contributed by atoms with Crippen LogP contribution in [0.15, 0.2) is 12.1 Å². The van der Waals surface area contributed by atoms with Crippen LogP contribution in [0.5, 0.6) is 11.5 Å². The Morgan fingerprint density at radius 3 is 2.58 bits per heavy atom. The van der Waals surface area contributed by atoms with E-state index < -0.39 is 0 Å². The topological polar surface area (TPSA) is 103 Å². The molecule has 0 aliphatic heterocycles. The molecule has 9 heteroatoms. The molecule has 33 heavy (non-hydrogen) atoms. The van der Waals surface area contributed by atoms with Gasteiger partial charge in [0.25, 0.3) is 0 Å². The summed E-state index contributed by atoms with van der Waals surface area (Å²) in [5.41, 5.74) is 2.29. The Morgan fingerprint density at radius 2 is 1.82 bits per heavy atom. The molecule has 1 fully saturated rings. The number of aryl methyl sites for hydroxylation is 1. The molecule has 1 saturated carbocycles. The molecule has 0 saturated heterocycles. The fourth-order valence-electron chi connectivity index (χ4n) is 4.63. The first kappa shape index (κ1) is 23.1. The van der Waals surface area contributed by atoms with Gasteiger partial charge in [-0.1, -0.05) is 25.7 Å². The molecule has 4 rings (SSSR count). The van der Waals surface area contributed by atoms with Gasteiger partial charge in [-0.05, 0) is 32.1 Å². The summed E-state index contributed by atoms with van der Waals surface area (Å²) < 4.78 is 12.9. The number of hydrogen-bond acceptors (Lipinski definition) is 7. The van der Waals surface area contributed by atoms with Crippen molar-refractivity contribution in [3.05, 3.63) is 18.0 Å². The number of aromatic nitrogens is 4. The Kier molecular flexibility index (Phi) is 7.47. The number of nitrogens with one attached hydrogen (secondary N) is 2. The molecular formula is C24H34N6O3. The van der Waals surface area contributed by atoms with Crippen LogP contribution in [-0.4, -0.2) is 52.8 Å². The van der Waals surface area contributed by atoms with Crippen LogP contribution in [-0.2, 0) is 4.79 Å². The van der Waals surface area contributed by atoms with Crippen molar-refractivity contribution in [2.45, 2.75) is 58.3 Å². The van der Waals surface area contributed by atoms with Gasteiger partial charge in [0.1, 0.15) is 5.82 Å². The number of methoxy groups -OCH3 is 2. The van der Waals surface area contributed by atoms with Gasteiger partial charge < -0.3 is 20.1 Å². The lowest BCUT2D eigenvalue weighted by atomic mass is 10.0. The Morgan fingerprint density at radius 1 is 1.09 bits per heavy atom. The summed E-state index contributed by atoms with van der Waals surface area (Å²) in [6.45, 7) is 3.34. The minimum Gasteiger partial charge on any atom is -0.493 e. The number of fused-ring (bicyclic) bond motifs is 3. The van der Waals surface area contributed by atoms with Crippen molar-refractivity contribution in [2.75, 3.05) is 32.6 Å². The minimum atomic E-state index is 0.177. The average molecular weight is 455 g/mol. The summed E-state index contributed by atoms with van der Waals surface area (Å²) in [6, 6.07) is 3.75. The molecule has 2 N–H and O–H groups in total. The second kappa shape index (κ2) is 10.7. The van der Waals surface area contributed by atoms with Crippen LogP contribution in [0.4, 0.5) is 5.82 Å². The Bertz CT molecular complexity index is 1110. The maximum absolute atomic E-state index is 12.1. The molecule has 0 unspecified atom stereocenters. The number of nitrogens with zero attached hydrogens (tertiary/aromatic N) is 4. The van der Waals surface area contributed by atoms with Crippen molar-refractivity contribution in [3.63, 3.8) is 0 Å². The molecule has 9 nitrogen and oxygen atoms in total. The van der Waals surface area contributed by atoms with Crippen LogP contribution in [0.25, 0.3) is 16.7 Å². The van der Waals surface area contributed by atoms with Crippen molar-refractivity contribution in [3.8, 4) is 11.5 Å². The fourth-order valence-corrected chi connectivity index (χ4v) is 4.63. The highest BCUT2D eigenvalue weighted by Crippen LogP contribution is 2.33. The lowest BCUT2D eigenvalue weighted by Crippen LogP contribution is -2.25. The van der Waals surface area contributed by atoms with Crippen molar-refractivity contribution in [1.82, 2.24) is 24.9 Å². The van der Waals surface area contributed by atoms with E-state index in [4.69, 9.17) is 14.5 Å². The van der Waals surface area contributed by atoms with Crippen molar-refractivity contribution in [1.29, 1.82) is 0 Å². The predicted molar refractivity (Wildman–Crippen MR) is 128 cm³/mol. The first-order valence-corrected chi connectivity index (χ1v) is 11.9. The van der Waals surface area contributed by atoms with Crippen LogP contribution < -0.4 is 20.1 Å². The highest BCUT2D eigenvalue weighted by Gasteiger charge is 2.17. The fraction of sp³-hybridized carbons (Fsp3) is 0.583. The molecule has 1 aliphatic carbocycles. The molecule has 178 valence electrons. The van der Waals surface area contributed by atoms with E-state index in [0.29, 0.717) is 35.9 Å². The SMILES string of the molecule is COc1cc2nc(NCCCCNC(=O)CCC3CCCC3)c3nnc(C)n3c2cc1OC. The molecular weight excluding hydrogens is 420 g/mol. The molecule has 0 bridgehead atoms. The van der Waals surface area contributed by atoms with Gasteiger partial charge in [0.15, 0.2) is 17.3 Å². The summed E-state index contributed by atoms with van der Waals surface area (Å²) in [5.74, 6) is 3.64. The largest absolute Gasteiger partial charge is 0.493 e. The van der Waals surface area contributed by atoms with Crippen LogP contribution in [0, 0.1) is 12.8 Å². The Balaban J connectivity index is 1.33. The van der Waals surface area contributed by atoms with E-state index in [0.717, 1.165) is 48.6 Å². The zero-order valence-corrected chi connectivity index (χ0v) is 19.8. The number of ether oxygens (including phenoxy) is 2. The van der Waals surface area contributed by atoms with Gasteiger partial charge in [-0.25, -0.2) is 4.98 Å². The highest BCUT2D eigenvalue weighted by molar-refractivity contribution is 5.85. The van der Waals surface area contributed by atoms with Crippen molar-refractivity contribution < 1.29 is 14.3 Å². The van der Waals surface area contributed by atoms with Crippen molar-refractivity contribution >= 4 is 28.4 Å². The summed E-state index contributed by atoms with van der Waals surface area (Å²) in [6.07, 6.45) is 8.74. The molecule has 0 atom stereocenters. The third kappa shape index (κ3) is 5.29. The molecule has 1 amide bonds. The van der Waals surface area contributed by atoms with Gasteiger partial charge >= 0.3 is 0 Å². The van der Waals surface area contributed by atoms with Gasteiger partial charge in [0, 0.05) is 31.6 Å². The smallest absolute Gasteiger partial charge is 0.220 e. The molecule has 1 aromatic carbocycles. The number of carbonyl (C=O) groups excluding carboxylic acids is 1. The quantitative estimate of drug-likeness (QED) is 0.424.